The van der Waals surface area contributed by atoms with Gasteiger partial charge in [0.25, 0.3) is 0 Å². The smallest absolute Gasteiger partial charge is 0.548 e. The fraction of sp³-hybridized carbons (Fsp3) is 0.200. The van der Waals surface area contributed by atoms with E-state index in [0.717, 1.165) is 16.4 Å². The van der Waals surface area contributed by atoms with E-state index in [9.17, 15) is 15.0 Å². The van der Waals surface area contributed by atoms with Crippen molar-refractivity contribution in [1.29, 1.82) is 0 Å². The molecule has 0 spiro atoms. The summed E-state index contributed by atoms with van der Waals surface area (Å²) in [6, 6.07) is 15.5. The van der Waals surface area contributed by atoms with Crippen molar-refractivity contribution in [3.05, 3.63) is 77.6 Å². The monoisotopic (exact) mass is 405 g/mol. The number of carbonyl (C=O) groups is 1. The number of aliphatic hydroxyl groups excluding tert-OH is 1. The number of hydrogen-bond donors (Lipinski definition) is 2. The van der Waals surface area contributed by atoms with E-state index in [-0.39, 0.29) is 36.2 Å². The van der Waals surface area contributed by atoms with Crippen LogP contribution < -0.4 is 40.0 Å². The van der Waals surface area contributed by atoms with Crippen molar-refractivity contribution in [2.24, 2.45) is 0 Å². The van der Waals surface area contributed by atoms with Crippen molar-refractivity contribution in [2.75, 3.05) is 11.6 Å². The van der Waals surface area contributed by atoms with Gasteiger partial charge in [-0.25, -0.2) is 4.98 Å². The molecule has 0 radical (unpaired) electrons. The summed E-state index contributed by atoms with van der Waals surface area (Å²) in [7, 11) is 0. The van der Waals surface area contributed by atoms with Crippen molar-refractivity contribution in [3.63, 3.8) is 0 Å². The summed E-state index contributed by atoms with van der Waals surface area (Å²) in [5.74, 6) is -1.18. The average molecular weight is 405 g/mol. The van der Waals surface area contributed by atoms with E-state index >= 15 is 0 Å². The summed E-state index contributed by atoms with van der Waals surface area (Å²) < 4.78 is 1.96. The Hall–Kier alpha value is -1.77. The van der Waals surface area contributed by atoms with Gasteiger partial charge in [0.15, 0.2) is 5.16 Å². The predicted octanol–water partition coefficient (Wildman–Crippen LogP) is -0.947. The van der Waals surface area contributed by atoms with E-state index < -0.39 is 12.0 Å². The van der Waals surface area contributed by atoms with Crippen LogP contribution >= 0.6 is 11.8 Å². The van der Waals surface area contributed by atoms with Crippen LogP contribution in [0, 0.1) is 0 Å². The molecular weight excluding hydrogens is 385 g/mol. The van der Waals surface area contributed by atoms with Gasteiger partial charge in [-0.1, -0.05) is 54.2 Å². The molecule has 28 heavy (non-hydrogen) atoms. The molecule has 6 nitrogen and oxygen atoms in total. The first kappa shape index (κ1) is 22.5. The molecule has 8 heteroatoms. The normalized spacial score (nSPS) is 11.5. The summed E-state index contributed by atoms with van der Waals surface area (Å²) >= 11 is 1.52. The molecule has 0 aliphatic carbocycles. The number of carboxylic acid groups (broad SMARTS) is 1. The molecule has 0 bridgehead atoms. The van der Waals surface area contributed by atoms with Gasteiger partial charge in [0.1, 0.15) is 0 Å². The predicted molar refractivity (Wildman–Crippen MR) is 103 cm³/mol. The molecular formula is C20H20N3NaO3S. The molecule has 140 valence electrons. The molecule has 1 heterocycles. The number of benzene rings is 2. The molecule has 0 aliphatic heterocycles. The van der Waals surface area contributed by atoms with E-state index in [2.05, 4.69) is 10.3 Å². The maximum atomic E-state index is 11.5. The maximum absolute atomic E-state index is 11.5. The third-order valence-electron chi connectivity index (χ3n) is 4.22. The third kappa shape index (κ3) is 5.40. The number of carboxylic acids is 1. The summed E-state index contributed by atoms with van der Waals surface area (Å²) in [4.78, 5) is 15.8. The molecule has 0 fully saturated rings. The first-order chi connectivity index (χ1) is 13.1. The average Bonchev–Trinajstić information content (AvgIpc) is 3.09. The van der Waals surface area contributed by atoms with Crippen molar-refractivity contribution in [3.8, 4) is 0 Å². The van der Waals surface area contributed by atoms with Crippen LogP contribution in [-0.2, 0) is 17.9 Å². The molecule has 0 aliphatic rings. The van der Waals surface area contributed by atoms with Gasteiger partial charge in [-0.15, -0.1) is 0 Å². The number of carbonyl (C=O) groups excluding carboxylic acids is 1. The number of rotatable bonds is 8. The molecule has 2 aromatic carbocycles. The number of imidazole rings is 1. The Labute approximate surface area is 190 Å². The van der Waals surface area contributed by atoms with E-state index in [1.54, 1.807) is 30.5 Å². The number of anilines is 1. The van der Waals surface area contributed by atoms with Gasteiger partial charge in [0.05, 0.1) is 30.5 Å². The molecule has 0 saturated carbocycles. The van der Waals surface area contributed by atoms with Crippen LogP contribution in [0.15, 0.2) is 66.0 Å². The van der Waals surface area contributed by atoms with Gasteiger partial charge in [0, 0.05) is 12.2 Å². The van der Waals surface area contributed by atoms with Gasteiger partial charge < -0.3 is 24.9 Å². The Bertz CT molecular complexity index is 879. The maximum Gasteiger partial charge on any atom is 1.00 e. The third-order valence-corrected chi connectivity index (χ3v) is 4.91. The van der Waals surface area contributed by atoms with Crippen LogP contribution in [0.25, 0.3) is 0 Å². The fourth-order valence-electron chi connectivity index (χ4n) is 2.83. The standard InChI is InChI=1S/C20H21N3O3S.Na/c1-27-20-21-11-17(13-24)23(20)12-14-7-9-16(10-8-14)22-18(19(25)26)15-5-3-2-4-6-15;/h2-11,18,22,24H,12-13H2,1H3,(H,25,26);/q;+1/p-1. The number of thioether (sulfide) groups is 1. The molecule has 3 aromatic rings. The first-order valence-corrected chi connectivity index (χ1v) is 9.65. The number of nitrogens with zero attached hydrogens (tertiary/aromatic N) is 2. The molecule has 3 rings (SSSR count). The number of hydrogen-bond acceptors (Lipinski definition) is 6. The first-order valence-electron chi connectivity index (χ1n) is 8.43. The molecule has 0 saturated heterocycles. The zero-order chi connectivity index (χ0) is 19.2. The molecule has 1 atom stereocenters. The van der Waals surface area contributed by atoms with Gasteiger partial charge in [0.2, 0.25) is 0 Å². The summed E-state index contributed by atoms with van der Waals surface area (Å²) in [5.41, 5.74) is 3.10. The van der Waals surface area contributed by atoms with Gasteiger partial charge in [-0.2, -0.15) is 0 Å². The van der Waals surface area contributed by atoms with Crippen LogP contribution in [0.4, 0.5) is 5.69 Å². The van der Waals surface area contributed by atoms with Crippen LogP contribution in [0.5, 0.6) is 0 Å². The zero-order valence-corrected chi connectivity index (χ0v) is 18.6. The van der Waals surface area contributed by atoms with Gasteiger partial charge in [-0.3, -0.25) is 0 Å². The summed E-state index contributed by atoms with van der Waals surface area (Å²) in [6.45, 7) is 0.506. The van der Waals surface area contributed by atoms with Crippen LogP contribution in [0.2, 0.25) is 0 Å². The zero-order valence-electron chi connectivity index (χ0n) is 15.8. The minimum absolute atomic E-state index is 0. The summed E-state index contributed by atoms with van der Waals surface area (Å²) in [6.07, 6.45) is 3.61. The van der Waals surface area contributed by atoms with Crippen molar-refractivity contribution in [2.45, 2.75) is 24.3 Å². The van der Waals surface area contributed by atoms with Gasteiger partial charge in [-0.05, 0) is 29.5 Å². The Morgan fingerprint density at radius 1 is 1.21 bits per heavy atom. The molecule has 1 unspecified atom stereocenters. The second kappa shape index (κ2) is 10.7. The summed E-state index contributed by atoms with van der Waals surface area (Å²) in [5, 5.41) is 24.8. The SMILES string of the molecule is CSc1ncc(CO)n1Cc1ccc(NC(C(=O)[O-])c2ccccc2)cc1.[Na+]. The van der Waals surface area contributed by atoms with E-state index in [1.807, 2.05) is 41.2 Å². The van der Waals surface area contributed by atoms with E-state index in [1.165, 1.54) is 11.8 Å². The van der Waals surface area contributed by atoms with Crippen LogP contribution in [0.3, 0.4) is 0 Å². The van der Waals surface area contributed by atoms with Crippen molar-refractivity contribution < 1.29 is 44.6 Å². The Kier molecular flexibility index (Phi) is 8.59. The van der Waals surface area contributed by atoms with Crippen LogP contribution in [-0.4, -0.2) is 26.9 Å². The quantitative estimate of drug-likeness (QED) is 0.371. The topological polar surface area (TPSA) is 90.2 Å². The second-order valence-corrected chi connectivity index (χ2v) is 6.76. The Morgan fingerprint density at radius 2 is 1.89 bits per heavy atom. The van der Waals surface area contributed by atoms with E-state index in [4.69, 9.17) is 0 Å². The molecule has 2 N–H and O–H groups in total. The van der Waals surface area contributed by atoms with Crippen LogP contribution in [0.1, 0.15) is 22.9 Å². The number of aliphatic hydroxyl groups is 1. The van der Waals surface area contributed by atoms with Gasteiger partial charge >= 0.3 is 29.6 Å². The number of aromatic nitrogens is 2. The van der Waals surface area contributed by atoms with Crippen molar-refractivity contribution in [1.82, 2.24) is 9.55 Å². The minimum Gasteiger partial charge on any atom is -0.548 e. The van der Waals surface area contributed by atoms with E-state index in [0.29, 0.717) is 17.8 Å². The second-order valence-electron chi connectivity index (χ2n) is 5.98. The Balaban J connectivity index is 0.00000280. The fourth-order valence-corrected chi connectivity index (χ4v) is 3.39. The minimum atomic E-state index is -1.18. The number of aliphatic carboxylic acids is 1. The molecule has 0 amide bonds. The molecule has 1 aromatic heterocycles. The largest absolute Gasteiger partial charge is 1.00 e. The van der Waals surface area contributed by atoms with Crippen molar-refractivity contribution >= 4 is 23.4 Å². The Morgan fingerprint density at radius 3 is 2.46 bits per heavy atom. The number of nitrogens with one attached hydrogen (secondary N) is 1.